The first kappa shape index (κ1) is 19.1. The van der Waals surface area contributed by atoms with Gasteiger partial charge in [-0.05, 0) is 37.6 Å². The van der Waals surface area contributed by atoms with Crippen molar-refractivity contribution >= 4 is 22.0 Å². The number of benzene rings is 1. The molecule has 128 valence electrons. The summed E-state index contributed by atoms with van der Waals surface area (Å²) in [6, 6.07) is 3.97. The van der Waals surface area contributed by atoms with Crippen LogP contribution in [0.2, 0.25) is 0 Å². The number of esters is 1. The average Bonchev–Trinajstić information content (AvgIpc) is 2.51. The quantitative estimate of drug-likeness (QED) is 0.662. The van der Waals surface area contributed by atoms with Gasteiger partial charge >= 0.3 is 11.9 Å². The normalized spacial score (nSPS) is 12.6. The average molecular weight is 343 g/mol. The van der Waals surface area contributed by atoms with E-state index in [2.05, 4.69) is 4.72 Å². The third-order valence-electron chi connectivity index (χ3n) is 3.12. The second kappa shape index (κ2) is 8.64. The first-order valence-corrected chi connectivity index (χ1v) is 8.82. The molecule has 0 saturated carbocycles. The molecular formula is C15H21NO6S. The van der Waals surface area contributed by atoms with E-state index >= 15 is 0 Å². The lowest BCUT2D eigenvalue weighted by Gasteiger charge is -2.14. The number of carboxylic acids is 1. The minimum Gasteiger partial charge on any atom is -0.480 e. The second-order valence-electron chi connectivity index (χ2n) is 4.90. The number of nitrogens with one attached hydrogen (secondary N) is 1. The van der Waals surface area contributed by atoms with Gasteiger partial charge in [0.15, 0.2) is 0 Å². The van der Waals surface area contributed by atoms with Crippen molar-refractivity contribution in [1.82, 2.24) is 4.72 Å². The number of hydrogen-bond donors (Lipinski definition) is 2. The summed E-state index contributed by atoms with van der Waals surface area (Å²) in [5, 5.41) is 9.10. The maximum atomic E-state index is 12.2. The van der Waals surface area contributed by atoms with Crippen molar-refractivity contribution < 1.29 is 27.9 Å². The van der Waals surface area contributed by atoms with Gasteiger partial charge in [0, 0.05) is 0 Å². The second-order valence-corrected chi connectivity index (χ2v) is 6.61. The van der Waals surface area contributed by atoms with E-state index in [4.69, 9.17) is 9.84 Å². The molecule has 1 aromatic carbocycles. The number of sulfonamides is 1. The van der Waals surface area contributed by atoms with Gasteiger partial charge in [-0.15, -0.1) is 0 Å². The van der Waals surface area contributed by atoms with E-state index in [0.29, 0.717) is 6.42 Å². The van der Waals surface area contributed by atoms with Gasteiger partial charge in [0.1, 0.15) is 6.04 Å². The highest BCUT2D eigenvalue weighted by Crippen LogP contribution is 2.13. The van der Waals surface area contributed by atoms with E-state index < -0.39 is 28.0 Å². The molecule has 0 radical (unpaired) electrons. The Kier molecular flexibility index (Phi) is 7.18. The molecule has 8 heteroatoms. The molecule has 1 atom stereocenters. The Bertz CT molecular complexity index is 638. The van der Waals surface area contributed by atoms with Crippen molar-refractivity contribution in [2.75, 3.05) is 6.61 Å². The van der Waals surface area contributed by atoms with Crippen LogP contribution in [0.15, 0.2) is 29.2 Å². The van der Waals surface area contributed by atoms with Crippen LogP contribution in [0.1, 0.15) is 43.5 Å². The molecule has 1 aromatic rings. The van der Waals surface area contributed by atoms with E-state index in [0.717, 1.165) is 6.42 Å². The standard InChI is InChI=1S/C15H21NO6S/c1-3-5-6-13(14(17)18)16-23(20,21)12-9-7-11(8-10-12)15(19)22-4-2/h7-10,13,16H,3-6H2,1-2H3,(H,17,18). The number of carboxylic acid groups (broad SMARTS) is 1. The number of ether oxygens (including phenoxy) is 1. The van der Waals surface area contributed by atoms with Gasteiger partial charge in [0.25, 0.3) is 0 Å². The molecule has 1 unspecified atom stereocenters. The molecule has 0 amide bonds. The molecule has 0 saturated heterocycles. The lowest BCUT2D eigenvalue weighted by atomic mass is 10.1. The van der Waals surface area contributed by atoms with Crippen LogP contribution in [0.3, 0.4) is 0 Å². The zero-order chi connectivity index (χ0) is 17.5. The number of carbonyl (C=O) groups excluding carboxylic acids is 1. The highest BCUT2D eigenvalue weighted by atomic mass is 32.2. The molecule has 0 aliphatic carbocycles. The van der Waals surface area contributed by atoms with E-state index in [1.165, 1.54) is 24.3 Å². The molecule has 0 fully saturated rings. The summed E-state index contributed by atoms with van der Waals surface area (Å²) in [4.78, 5) is 22.6. The molecule has 2 N–H and O–H groups in total. The van der Waals surface area contributed by atoms with E-state index in [1.54, 1.807) is 6.92 Å². The van der Waals surface area contributed by atoms with Crippen molar-refractivity contribution in [2.24, 2.45) is 0 Å². The topological polar surface area (TPSA) is 110 Å². The van der Waals surface area contributed by atoms with Crippen molar-refractivity contribution in [3.63, 3.8) is 0 Å². The monoisotopic (exact) mass is 343 g/mol. The van der Waals surface area contributed by atoms with Crippen LogP contribution in [0.25, 0.3) is 0 Å². The molecular weight excluding hydrogens is 322 g/mol. The largest absolute Gasteiger partial charge is 0.480 e. The Morgan fingerprint density at radius 1 is 1.22 bits per heavy atom. The third kappa shape index (κ3) is 5.65. The number of hydrogen-bond acceptors (Lipinski definition) is 5. The highest BCUT2D eigenvalue weighted by molar-refractivity contribution is 7.89. The fraction of sp³-hybridized carbons (Fsp3) is 0.467. The summed E-state index contributed by atoms with van der Waals surface area (Å²) in [7, 11) is -3.97. The van der Waals surface area contributed by atoms with Crippen molar-refractivity contribution in [3.8, 4) is 0 Å². The maximum absolute atomic E-state index is 12.2. The van der Waals surface area contributed by atoms with E-state index in [-0.39, 0.29) is 23.5 Å². The van der Waals surface area contributed by atoms with Gasteiger partial charge in [0.2, 0.25) is 10.0 Å². The van der Waals surface area contributed by atoms with Crippen LogP contribution in [-0.2, 0) is 19.6 Å². The number of aliphatic carboxylic acids is 1. The zero-order valence-corrected chi connectivity index (χ0v) is 13.9. The molecule has 0 bridgehead atoms. The predicted octanol–water partition coefficient (Wildman–Crippen LogP) is 1.78. The van der Waals surface area contributed by atoms with Gasteiger partial charge < -0.3 is 9.84 Å². The molecule has 0 spiro atoms. The van der Waals surface area contributed by atoms with E-state index in [1.807, 2.05) is 6.92 Å². The molecule has 0 aliphatic heterocycles. The summed E-state index contributed by atoms with van der Waals surface area (Å²) >= 11 is 0. The number of unbranched alkanes of at least 4 members (excludes halogenated alkanes) is 1. The van der Waals surface area contributed by atoms with Gasteiger partial charge in [-0.3, -0.25) is 4.79 Å². The maximum Gasteiger partial charge on any atom is 0.338 e. The molecule has 1 rings (SSSR count). The Balaban J connectivity index is 2.90. The first-order valence-electron chi connectivity index (χ1n) is 7.34. The fourth-order valence-corrected chi connectivity index (χ4v) is 3.10. The molecule has 23 heavy (non-hydrogen) atoms. The van der Waals surface area contributed by atoms with Gasteiger partial charge in [-0.1, -0.05) is 19.8 Å². The number of rotatable bonds is 9. The van der Waals surface area contributed by atoms with Gasteiger partial charge in [-0.2, -0.15) is 4.72 Å². The molecule has 7 nitrogen and oxygen atoms in total. The molecule has 0 aliphatic rings. The minimum absolute atomic E-state index is 0.103. The summed E-state index contributed by atoms with van der Waals surface area (Å²) in [5.74, 6) is -1.76. The Hall–Kier alpha value is -1.93. The van der Waals surface area contributed by atoms with Crippen LogP contribution in [0.4, 0.5) is 0 Å². The van der Waals surface area contributed by atoms with Crippen LogP contribution in [0, 0.1) is 0 Å². The van der Waals surface area contributed by atoms with Crippen molar-refractivity contribution in [1.29, 1.82) is 0 Å². The van der Waals surface area contributed by atoms with Gasteiger partial charge in [0.05, 0.1) is 17.1 Å². The summed E-state index contributed by atoms with van der Waals surface area (Å²) < 4.78 is 31.4. The third-order valence-corrected chi connectivity index (χ3v) is 4.61. The molecule has 0 heterocycles. The Morgan fingerprint density at radius 2 is 1.83 bits per heavy atom. The van der Waals surface area contributed by atoms with Crippen LogP contribution >= 0.6 is 0 Å². The van der Waals surface area contributed by atoms with E-state index in [9.17, 15) is 18.0 Å². The summed E-state index contributed by atoms with van der Waals surface area (Å²) in [6.07, 6.45) is 1.58. The van der Waals surface area contributed by atoms with Crippen molar-refractivity contribution in [2.45, 2.75) is 44.0 Å². The Morgan fingerprint density at radius 3 is 2.30 bits per heavy atom. The fourth-order valence-electron chi connectivity index (χ4n) is 1.88. The number of carbonyl (C=O) groups is 2. The smallest absolute Gasteiger partial charge is 0.338 e. The van der Waals surface area contributed by atoms with Crippen LogP contribution in [0.5, 0.6) is 0 Å². The lowest BCUT2D eigenvalue weighted by Crippen LogP contribution is -2.40. The van der Waals surface area contributed by atoms with Crippen LogP contribution in [-0.4, -0.2) is 38.1 Å². The molecule has 0 aromatic heterocycles. The first-order chi connectivity index (χ1) is 10.8. The SMILES string of the molecule is CCCCC(NS(=O)(=O)c1ccc(C(=O)OCC)cc1)C(=O)O. The van der Waals surface area contributed by atoms with Crippen LogP contribution < -0.4 is 4.72 Å². The summed E-state index contributed by atoms with van der Waals surface area (Å²) in [6.45, 7) is 3.78. The predicted molar refractivity (Wildman–Crippen MR) is 83.7 cm³/mol. The highest BCUT2D eigenvalue weighted by Gasteiger charge is 2.25. The lowest BCUT2D eigenvalue weighted by molar-refractivity contribution is -0.139. The van der Waals surface area contributed by atoms with Gasteiger partial charge in [-0.25, -0.2) is 13.2 Å². The minimum atomic E-state index is -3.97. The van der Waals surface area contributed by atoms with Crippen molar-refractivity contribution in [3.05, 3.63) is 29.8 Å². The zero-order valence-electron chi connectivity index (χ0n) is 13.1. The summed E-state index contributed by atoms with van der Waals surface area (Å²) in [5.41, 5.74) is 0.228. The Labute approximate surface area is 135 Å².